The maximum Gasteiger partial charge on any atom is 0.264 e. The molecule has 0 aliphatic rings. The number of carbonyl (C=O) groups excluding carboxylic acids is 2. The van der Waals surface area contributed by atoms with Gasteiger partial charge >= 0.3 is 0 Å². The Bertz CT molecular complexity index is 1390. The summed E-state index contributed by atoms with van der Waals surface area (Å²) in [5.74, 6) is -0.442. The van der Waals surface area contributed by atoms with Gasteiger partial charge in [-0.05, 0) is 63.9 Å². The number of hydrogen-bond acceptors (Lipinski definition) is 5. The molecule has 0 aromatic heterocycles. The lowest BCUT2D eigenvalue weighted by molar-refractivity contribution is -0.140. The smallest absolute Gasteiger partial charge is 0.264 e. The van der Waals surface area contributed by atoms with Gasteiger partial charge in [-0.15, -0.1) is 0 Å². The minimum absolute atomic E-state index is 0.0538. The van der Waals surface area contributed by atoms with Gasteiger partial charge in [0.2, 0.25) is 11.8 Å². The minimum Gasteiger partial charge on any atom is -0.492 e. The molecule has 3 rings (SSSR count). The Labute approximate surface area is 238 Å². The van der Waals surface area contributed by atoms with Crippen molar-refractivity contribution < 1.29 is 22.7 Å². The summed E-state index contributed by atoms with van der Waals surface area (Å²) in [6.45, 7) is 9.68. The summed E-state index contributed by atoms with van der Waals surface area (Å²) < 4.78 is 34.9. The first kappa shape index (κ1) is 30.7. The zero-order valence-electron chi connectivity index (χ0n) is 23.9. The van der Waals surface area contributed by atoms with Crippen molar-refractivity contribution in [2.45, 2.75) is 58.5 Å². The van der Waals surface area contributed by atoms with Gasteiger partial charge in [-0.3, -0.25) is 13.9 Å². The second-order valence-corrected chi connectivity index (χ2v) is 11.4. The van der Waals surface area contributed by atoms with Crippen molar-refractivity contribution >= 4 is 27.5 Å². The molecule has 0 radical (unpaired) electrons. The quantitative estimate of drug-likeness (QED) is 0.320. The number of likely N-dealkylation sites (N-methyl/N-ethyl adjacent to an activating group) is 1. The van der Waals surface area contributed by atoms with Crippen molar-refractivity contribution in [1.82, 2.24) is 10.2 Å². The van der Waals surface area contributed by atoms with E-state index in [2.05, 4.69) is 5.32 Å². The Hall–Kier alpha value is -3.85. The number of sulfonamides is 1. The van der Waals surface area contributed by atoms with Gasteiger partial charge in [0.25, 0.3) is 10.0 Å². The number of rotatable bonds is 13. The van der Waals surface area contributed by atoms with E-state index in [0.29, 0.717) is 25.3 Å². The Balaban J connectivity index is 2.10. The highest BCUT2D eigenvalue weighted by molar-refractivity contribution is 7.92. The fourth-order valence-corrected chi connectivity index (χ4v) is 5.82. The predicted octanol–water partition coefficient (Wildman–Crippen LogP) is 4.84. The number of hydrogen-bond donors (Lipinski definition) is 1. The zero-order chi connectivity index (χ0) is 29.3. The molecule has 214 valence electrons. The highest BCUT2D eigenvalue weighted by atomic mass is 32.2. The lowest BCUT2D eigenvalue weighted by atomic mass is 10.1. The predicted molar refractivity (Wildman–Crippen MR) is 158 cm³/mol. The van der Waals surface area contributed by atoms with E-state index in [9.17, 15) is 18.0 Å². The lowest BCUT2D eigenvalue weighted by Gasteiger charge is -2.33. The molecule has 0 unspecified atom stereocenters. The molecule has 2 amide bonds. The molecule has 8 nitrogen and oxygen atoms in total. The topological polar surface area (TPSA) is 96.0 Å². The van der Waals surface area contributed by atoms with E-state index in [1.54, 1.807) is 36.4 Å². The monoisotopic (exact) mass is 565 g/mol. The van der Waals surface area contributed by atoms with E-state index >= 15 is 0 Å². The van der Waals surface area contributed by atoms with Crippen LogP contribution in [-0.4, -0.2) is 50.9 Å². The molecule has 0 saturated heterocycles. The second-order valence-electron chi connectivity index (χ2n) is 9.55. The molecule has 3 aromatic carbocycles. The molecule has 0 aliphatic carbocycles. The van der Waals surface area contributed by atoms with Crippen molar-refractivity contribution in [1.29, 1.82) is 0 Å². The number of para-hydroxylation sites is 2. The van der Waals surface area contributed by atoms with Gasteiger partial charge in [-0.1, -0.05) is 66.6 Å². The molecule has 3 aromatic rings. The van der Waals surface area contributed by atoms with Crippen LogP contribution in [0.15, 0.2) is 77.7 Å². The SMILES string of the molecule is CCNC(=O)[C@@H](CC)N(Cc1ccc(C)cc1)C(=O)CN(c1ccccc1OCC)S(=O)(=O)c1ccc(C)cc1. The number of nitrogens with one attached hydrogen (secondary N) is 1. The Morgan fingerprint density at radius 1 is 0.875 bits per heavy atom. The van der Waals surface area contributed by atoms with E-state index in [4.69, 9.17) is 4.74 Å². The van der Waals surface area contributed by atoms with Gasteiger partial charge in [-0.25, -0.2) is 8.42 Å². The fourth-order valence-electron chi connectivity index (χ4n) is 4.39. The first-order chi connectivity index (χ1) is 19.1. The third kappa shape index (κ3) is 7.41. The van der Waals surface area contributed by atoms with Crippen molar-refractivity contribution in [2.75, 3.05) is 24.0 Å². The number of carbonyl (C=O) groups is 2. The van der Waals surface area contributed by atoms with Crippen LogP contribution in [0.2, 0.25) is 0 Å². The van der Waals surface area contributed by atoms with Gasteiger partial charge < -0.3 is 15.0 Å². The third-order valence-corrected chi connectivity index (χ3v) is 8.31. The van der Waals surface area contributed by atoms with Crippen LogP contribution in [0.1, 0.15) is 43.9 Å². The number of nitrogens with zero attached hydrogens (tertiary/aromatic N) is 2. The number of aryl methyl sites for hydroxylation is 2. The fraction of sp³-hybridized carbons (Fsp3) is 0.355. The van der Waals surface area contributed by atoms with Crippen LogP contribution in [0.4, 0.5) is 5.69 Å². The second kappa shape index (κ2) is 14.0. The Morgan fingerprint density at radius 3 is 2.05 bits per heavy atom. The van der Waals surface area contributed by atoms with Gasteiger partial charge in [0, 0.05) is 13.1 Å². The van der Waals surface area contributed by atoms with Crippen molar-refractivity contribution in [3.8, 4) is 5.75 Å². The molecule has 0 spiro atoms. The van der Waals surface area contributed by atoms with E-state index in [-0.39, 0.29) is 23.0 Å². The van der Waals surface area contributed by atoms with Gasteiger partial charge in [-0.2, -0.15) is 0 Å². The highest BCUT2D eigenvalue weighted by Crippen LogP contribution is 2.33. The maximum atomic E-state index is 14.1. The van der Waals surface area contributed by atoms with Crippen molar-refractivity contribution in [2.24, 2.45) is 0 Å². The molecule has 9 heteroatoms. The van der Waals surface area contributed by atoms with Crippen LogP contribution < -0.4 is 14.4 Å². The summed E-state index contributed by atoms with van der Waals surface area (Å²) in [6, 6.07) is 20.2. The summed E-state index contributed by atoms with van der Waals surface area (Å²) in [5, 5.41) is 2.81. The molecule has 0 aliphatic heterocycles. The average molecular weight is 566 g/mol. The van der Waals surface area contributed by atoms with Gasteiger partial charge in [0.05, 0.1) is 17.2 Å². The molecular formula is C31H39N3O5S. The van der Waals surface area contributed by atoms with Gasteiger partial charge in [0.1, 0.15) is 18.3 Å². The Morgan fingerprint density at radius 2 is 1.48 bits per heavy atom. The first-order valence-electron chi connectivity index (χ1n) is 13.6. The van der Waals surface area contributed by atoms with Crippen LogP contribution in [0.5, 0.6) is 5.75 Å². The third-order valence-electron chi connectivity index (χ3n) is 6.53. The maximum absolute atomic E-state index is 14.1. The molecule has 0 saturated carbocycles. The Kier molecular flexibility index (Phi) is 10.7. The van der Waals surface area contributed by atoms with E-state index < -0.39 is 28.5 Å². The molecule has 40 heavy (non-hydrogen) atoms. The van der Waals surface area contributed by atoms with Crippen LogP contribution in [0, 0.1) is 13.8 Å². The van der Waals surface area contributed by atoms with E-state index in [1.807, 2.05) is 58.9 Å². The lowest BCUT2D eigenvalue weighted by Crippen LogP contribution is -2.52. The number of amides is 2. The van der Waals surface area contributed by atoms with Crippen molar-refractivity contribution in [3.63, 3.8) is 0 Å². The summed E-state index contributed by atoms with van der Waals surface area (Å²) in [5.41, 5.74) is 3.07. The number of benzene rings is 3. The van der Waals surface area contributed by atoms with Crippen LogP contribution in [-0.2, 0) is 26.2 Å². The molecule has 0 bridgehead atoms. The average Bonchev–Trinajstić information content (AvgIpc) is 2.93. The summed E-state index contributed by atoms with van der Waals surface area (Å²) in [4.78, 5) is 28.7. The van der Waals surface area contributed by atoms with Crippen molar-refractivity contribution in [3.05, 3.63) is 89.5 Å². The summed E-state index contributed by atoms with van der Waals surface area (Å²) >= 11 is 0. The van der Waals surface area contributed by atoms with Crippen LogP contribution >= 0.6 is 0 Å². The van der Waals surface area contributed by atoms with E-state index in [0.717, 1.165) is 21.0 Å². The molecule has 1 N–H and O–H groups in total. The molecule has 0 heterocycles. The largest absolute Gasteiger partial charge is 0.492 e. The van der Waals surface area contributed by atoms with Crippen LogP contribution in [0.3, 0.4) is 0 Å². The number of ether oxygens (including phenoxy) is 1. The first-order valence-corrected chi connectivity index (χ1v) is 15.0. The van der Waals surface area contributed by atoms with E-state index in [1.165, 1.54) is 17.0 Å². The highest BCUT2D eigenvalue weighted by Gasteiger charge is 2.34. The van der Waals surface area contributed by atoms with Gasteiger partial charge in [0.15, 0.2) is 0 Å². The molecule has 1 atom stereocenters. The normalized spacial score (nSPS) is 11.9. The zero-order valence-corrected chi connectivity index (χ0v) is 24.7. The molecule has 0 fully saturated rings. The summed E-state index contributed by atoms with van der Waals surface area (Å²) in [6.07, 6.45) is 0.365. The minimum atomic E-state index is -4.18. The standard InChI is InChI=1S/C31H39N3O5S/c1-6-27(31(36)32-7-2)33(21-25-17-13-23(4)14-18-25)30(35)22-34(28-11-9-10-12-29(28)39-8-3)40(37,38)26-19-15-24(5)16-20-26/h9-20,27H,6-8,21-22H2,1-5H3,(H,32,36)/t27-/m1/s1. The van der Waals surface area contributed by atoms with Crippen LogP contribution in [0.25, 0.3) is 0 Å². The number of anilines is 1. The summed E-state index contributed by atoms with van der Waals surface area (Å²) in [7, 11) is -4.18. The molecular weight excluding hydrogens is 526 g/mol.